The van der Waals surface area contributed by atoms with E-state index in [2.05, 4.69) is 41.6 Å². The summed E-state index contributed by atoms with van der Waals surface area (Å²) in [5, 5.41) is 13.5. The SMILES string of the molecule is CO[C@@]1(C)C[C@@H](NC(=O)Nc2cc(-c3nnco3)ccc2C)C1(C)C. The summed E-state index contributed by atoms with van der Waals surface area (Å²) < 4.78 is 10.8. The number of aromatic nitrogens is 2. The third-order valence-electron chi connectivity index (χ3n) is 5.68. The Morgan fingerprint density at radius 1 is 1.36 bits per heavy atom. The highest BCUT2D eigenvalue weighted by atomic mass is 16.5. The maximum Gasteiger partial charge on any atom is 0.319 e. The molecule has 2 N–H and O–H groups in total. The lowest BCUT2D eigenvalue weighted by Crippen LogP contribution is -2.68. The Kier molecular flexibility index (Phi) is 4.28. The molecule has 1 aromatic heterocycles. The van der Waals surface area contributed by atoms with Gasteiger partial charge >= 0.3 is 6.03 Å². The van der Waals surface area contributed by atoms with Crippen LogP contribution in [0.5, 0.6) is 0 Å². The highest BCUT2D eigenvalue weighted by Crippen LogP contribution is 2.51. The minimum absolute atomic E-state index is 0.0527. The van der Waals surface area contributed by atoms with Crippen LogP contribution in [-0.4, -0.2) is 35.0 Å². The first-order valence-electron chi connectivity index (χ1n) is 8.27. The lowest BCUT2D eigenvalue weighted by molar-refractivity contribution is -0.177. The Morgan fingerprint density at radius 3 is 2.72 bits per heavy atom. The van der Waals surface area contributed by atoms with Crippen molar-refractivity contribution in [3.05, 3.63) is 30.2 Å². The van der Waals surface area contributed by atoms with Gasteiger partial charge in [0.15, 0.2) is 0 Å². The summed E-state index contributed by atoms with van der Waals surface area (Å²) in [6.45, 7) is 8.21. The zero-order valence-corrected chi connectivity index (χ0v) is 15.2. The van der Waals surface area contributed by atoms with Crippen molar-refractivity contribution in [1.82, 2.24) is 15.5 Å². The van der Waals surface area contributed by atoms with Gasteiger partial charge in [-0.15, -0.1) is 10.2 Å². The van der Waals surface area contributed by atoms with Gasteiger partial charge in [0, 0.05) is 29.8 Å². The number of amides is 2. The number of nitrogens with one attached hydrogen (secondary N) is 2. The second kappa shape index (κ2) is 6.15. The first kappa shape index (κ1) is 17.4. The first-order chi connectivity index (χ1) is 11.8. The van der Waals surface area contributed by atoms with E-state index in [1.54, 1.807) is 7.11 Å². The van der Waals surface area contributed by atoms with E-state index in [0.29, 0.717) is 11.6 Å². The Hall–Kier alpha value is -2.41. The van der Waals surface area contributed by atoms with Crippen molar-refractivity contribution in [1.29, 1.82) is 0 Å². The second-order valence-electron chi connectivity index (χ2n) is 7.29. The molecule has 0 aliphatic heterocycles. The van der Waals surface area contributed by atoms with E-state index in [-0.39, 0.29) is 23.1 Å². The summed E-state index contributed by atoms with van der Waals surface area (Å²) in [6, 6.07) is 5.43. The lowest BCUT2D eigenvalue weighted by Gasteiger charge is -2.59. The van der Waals surface area contributed by atoms with Gasteiger partial charge in [-0.3, -0.25) is 0 Å². The fourth-order valence-electron chi connectivity index (χ4n) is 3.23. The van der Waals surface area contributed by atoms with Crippen molar-refractivity contribution in [2.75, 3.05) is 12.4 Å². The predicted molar refractivity (Wildman–Crippen MR) is 94.2 cm³/mol. The van der Waals surface area contributed by atoms with Crippen molar-refractivity contribution in [2.45, 2.75) is 45.8 Å². The molecular formula is C18H24N4O3. The van der Waals surface area contributed by atoms with Crippen LogP contribution in [0.25, 0.3) is 11.5 Å². The van der Waals surface area contributed by atoms with E-state index in [0.717, 1.165) is 17.5 Å². The van der Waals surface area contributed by atoms with Crippen LogP contribution in [0.1, 0.15) is 32.8 Å². The van der Waals surface area contributed by atoms with E-state index >= 15 is 0 Å². The van der Waals surface area contributed by atoms with E-state index in [1.165, 1.54) is 6.39 Å². The highest BCUT2D eigenvalue weighted by Gasteiger charge is 2.58. The molecule has 0 spiro atoms. The number of hydrogen-bond donors (Lipinski definition) is 2. The summed E-state index contributed by atoms with van der Waals surface area (Å²) in [7, 11) is 1.71. The van der Waals surface area contributed by atoms with Gasteiger partial charge in [0.2, 0.25) is 12.3 Å². The van der Waals surface area contributed by atoms with Gasteiger partial charge in [-0.2, -0.15) is 0 Å². The quantitative estimate of drug-likeness (QED) is 0.887. The fraction of sp³-hybridized carbons (Fsp3) is 0.500. The number of hydrogen-bond acceptors (Lipinski definition) is 5. The van der Waals surface area contributed by atoms with Gasteiger partial charge in [-0.25, -0.2) is 4.79 Å². The van der Waals surface area contributed by atoms with Gasteiger partial charge < -0.3 is 19.8 Å². The van der Waals surface area contributed by atoms with Gasteiger partial charge in [-0.05, 0) is 38.0 Å². The summed E-state index contributed by atoms with van der Waals surface area (Å²) >= 11 is 0. The number of anilines is 1. The van der Waals surface area contributed by atoms with Crippen LogP contribution >= 0.6 is 0 Å². The molecule has 0 saturated heterocycles. The number of carbonyl (C=O) groups is 1. The molecule has 2 aromatic rings. The number of benzene rings is 1. The van der Waals surface area contributed by atoms with Gasteiger partial charge in [0.25, 0.3) is 0 Å². The Labute approximate surface area is 147 Å². The molecule has 1 aliphatic carbocycles. The Morgan fingerprint density at radius 2 is 2.12 bits per heavy atom. The summed E-state index contributed by atoms with van der Waals surface area (Å²) in [5.41, 5.74) is 2.06. The third kappa shape index (κ3) is 3.00. The maximum absolute atomic E-state index is 12.4. The molecule has 3 rings (SSSR count). The van der Waals surface area contributed by atoms with Crippen LogP contribution < -0.4 is 10.6 Å². The minimum Gasteiger partial charge on any atom is -0.423 e. The van der Waals surface area contributed by atoms with Crippen molar-refractivity contribution >= 4 is 11.7 Å². The highest BCUT2D eigenvalue weighted by molar-refractivity contribution is 5.91. The summed E-state index contributed by atoms with van der Waals surface area (Å²) in [5.74, 6) is 0.416. The maximum atomic E-state index is 12.4. The molecule has 1 aliphatic rings. The zero-order valence-electron chi connectivity index (χ0n) is 15.2. The smallest absolute Gasteiger partial charge is 0.319 e. The topological polar surface area (TPSA) is 89.3 Å². The first-order valence-corrected chi connectivity index (χ1v) is 8.27. The van der Waals surface area contributed by atoms with Crippen LogP contribution in [-0.2, 0) is 4.74 Å². The number of nitrogens with zero attached hydrogens (tertiary/aromatic N) is 2. The van der Waals surface area contributed by atoms with Gasteiger partial charge in [0.05, 0.1) is 5.60 Å². The molecule has 1 fully saturated rings. The van der Waals surface area contributed by atoms with Crippen LogP contribution in [0.15, 0.2) is 29.0 Å². The van der Waals surface area contributed by atoms with E-state index in [1.807, 2.05) is 25.1 Å². The second-order valence-corrected chi connectivity index (χ2v) is 7.29. The number of rotatable bonds is 4. The molecule has 1 aromatic carbocycles. The fourth-order valence-corrected chi connectivity index (χ4v) is 3.23. The zero-order chi connectivity index (χ0) is 18.2. The molecule has 0 radical (unpaired) electrons. The number of aryl methyl sites for hydroxylation is 1. The van der Waals surface area contributed by atoms with Gasteiger partial charge in [0.1, 0.15) is 0 Å². The number of urea groups is 1. The molecule has 1 saturated carbocycles. The molecule has 7 heteroatoms. The summed E-state index contributed by atoms with van der Waals surface area (Å²) in [4.78, 5) is 12.4. The van der Waals surface area contributed by atoms with Crippen molar-refractivity contribution in [2.24, 2.45) is 5.41 Å². The molecule has 0 bridgehead atoms. The number of methoxy groups -OCH3 is 1. The summed E-state index contributed by atoms with van der Waals surface area (Å²) in [6.07, 6.45) is 2.06. The molecule has 25 heavy (non-hydrogen) atoms. The average Bonchev–Trinajstić information content (AvgIpc) is 3.10. The molecule has 2 atom stereocenters. The van der Waals surface area contributed by atoms with Crippen molar-refractivity contribution in [3.63, 3.8) is 0 Å². The number of ether oxygens (including phenoxy) is 1. The van der Waals surface area contributed by atoms with Crippen molar-refractivity contribution < 1.29 is 13.9 Å². The van der Waals surface area contributed by atoms with Crippen LogP contribution in [0, 0.1) is 12.3 Å². The van der Waals surface area contributed by atoms with Crippen LogP contribution in [0.2, 0.25) is 0 Å². The normalized spacial score (nSPS) is 24.4. The van der Waals surface area contributed by atoms with Gasteiger partial charge in [-0.1, -0.05) is 19.9 Å². The predicted octanol–water partition coefficient (Wildman–Crippen LogP) is 3.37. The monoisotopic (exact) mass is 344 g/mol. The Bertz CT molecular complexity index is 773. The number of carbonyl (C=O) groups excluding carboxylic acids is 1. The standard InChI is InChI=1S/C18H24N4O3/c1-11-6-7-12(15-22-19-10-25-15)8-13(11)20-16(23)21-14-9-18(4,24-5)17(14,2)3/h6-8,10,14H,9H2,1-5H3,(H2,20,21,23)/t14-,18+/m1/s1. The van der Waals surface area contributed by atoms with E-state index in [9.17, 15) is 4.79 Å². The van der Waals surface area contributed by atoms with Crippen LogP contribution in [0.3, 0.4) is 0 Å². The van der Waals surface area contributed by atoms with Crippen LogP contribution in [0.4, 0.5) is 10.5 Å². The minimum atomic E-state index is -0.234. The molecule has 134 valence electrons. The molecule has 0 unspecified atom stereocenters. The lowest BCUT2D eigenvalue weighted by atomic mass is 9.56. The third-order valence-corrected chi connectivity index (χ3v) is 5.68. The Balaban J connectivity index is 1.69. The molecule has 7 nitrogen and oxygen atoms in total. The van der Waals surface area contributed by atoms with E-state index < -0.39 is 0 Å². The van der Waals surface area contributed by atoms with Crippen molar-refractivity contribution in [3.8, 4) is 11.5 Å². The largest absolute Gasteiger partial charge is 0.423 e. The molecule has 1 heterocycles. The molecular weight excluding hydrogens is 320 g/mol. The van der Waals surface area contributed by atoms with E-state index in [4.69, 9.17) is 9.15 Å². The molecule has 2 amide bonds. The average molecular weight is 344 g/mol.